The third-order valence-corrected chi connectivity index (χ3v) is 3.89. The average Bonchev–Trinajstić information content (AvgIpc) is 2.24. The predicted molar refractivity (Wildman–Crippen MR) is 63.2 cm³/mol. The number of likely N-dealkylation sites (tertiary alicyclic amines) is 1. The monoisotopic (exact) mass is 225 g/mol. The highest BCUT2D eigenvalue weighted by atomic mass is 16.5. The van der Waals surface area contributed by atoms with Crippen LogP contribution in [0.4, 0.5) is 0 Å². The van der Waals surface area contributed by atoms with E-state index in [2.05, 4.69) is 4.90 Å². The van der Waals surface area contributed by atoms with Crippen molar-refractivity contribution in [1.82, 2.24) is 4.90 Å². The van der Waals surface area contributed by atoms with Crippen LogP contribution in [0.25, 0.3) is 0 Å². The second kappa shape index (κ2) is 5.67. The third-order valence-electron chi connectivity index (χ3n) is 3.89. The van der Waals surface area contributed by atoms with Gasteiger partial charge in [0.2, 0.25) is 0 Å². The summed E-state index contributed by atoms with van der Waals surface area (Å²) < 4.78 is 5.16. The van der Waals surface area contributed by atoms with Gasteiger partial charge in [-0.2, -0.15) is 0 Å². The molecular weight excluding hydrogens is 202 g/mol. The minimum absolute atomic E-state index is 0.00141. The van der Waals surface area contributed by atoms with Crippen LogP contribution in [0, 0.1) is 5.92 Å². The van der Waals surface area contributed by atoms with Crippen LogP contribution in [0.2, 0.25) is 0 Å². The van der Waals surface area contributed by atoms with Crippen LogP contribution in [0.3, 0.4) is 0 Å². The highest BCUT2D eigenvalue weighted by Gasteiger charge is 2.32. The topological polar surface area (TPSA) is 29.5 Å². The van der Waals surface area contributed by atoms with Crippen molar-refractivity contribution < 1.29 is 9.53 Å². The van der Waals surface area contributed by atoms with E-state index in [0.29, 0.717) is 6.61 Å². The molecule has 0 N–H and O–H groups in total. The molecule has 0 aromatic carbocycles. The predicted octanol–water partition coefficient (Wildman–Crippen LogP) is 2.20. The normalized spacial score (nSPS) is 27.4. The van der Waals surface area contributed by atoms with Crippen LogP contribution >= 0.6 is 0 Å². The Morgan fingerprint density at radius 2 is 2.06 bits per heavy atom. The summed E-state index contributed by atoms with van der Waals surface area (Å²) in [6.45, 7) is 4.59. The van der Waals surface area contributed by atoms with Crippen molar-refractivity contribution in [3.8, 4) is 0 Å². The minimum Gasteiger partial charge on any atom is -0.465 e. The lowest BCUT2D eigenvalue weighted by Gasteiger charge is -2.38. The molecule has 1 aliphatic carbocycles. The van der Waals surface area contributed by atoms with Crippen molar-refractivity contribution in [3.63, 3.8) is 0 Å². The molecule has 2 aliphatic rings. The van der Waals surface area contributed by atoms with E-state index >= 15 is 0 Å². The molecule has 0 aromatic rings. The number of piperidine rings is 1. The Labute approximate surface area is 98.1 Å². The Hall–Kier alpha value is -0.570. The van der Waals surface area contributed by atoms with Crippen molar-refractivity contribution >= 4 is 5.97 Å². The van der Waals surface area contributed by atoms with E-state index in [9.17, 15) is 4.79 Å². The zero-order valence-corrected chi connectivity index (χ0v) is 10.3. The summed E-state index contributed by atoms with van der Waals surface area (Å²) in [7, 11) is 0. The van der Waals surface area contributed by atoms with Crippen molar-refractivity contribution in [3.05, 3.63) is 0 Å². The largest absolute Gasteiger partial charge is 0.465 e. The van der Waals surface area contributed by atoms with Gasteiger partial charge in [-0.1, -0.05) is 12.8 Å². The maximum Gasteiger partial charge on any atom is 0.323 e. The quantitative estimate of drug-likeness (QED) is 0.687. The maximum atomic E-state index is 11.8. The molecule has 16 heavy (non-hydrogen) atoms. The van der Waals surface area contributed by atoms with Gasteiger partial charge >= 0.3 is 5.97 Å². The smallest absolute Gasteiger partial charge is 0.323 e. The van der Waals surface area contributed by atoms with E-state index in [1.807, 2.05) is 6.92 Å². The summed E-state index contributed by atoms with van der Waals surface area (Å²) in [5.74, 6) is 0.844. The summed E-state index contributed by atoms with van der Waals surface area (Å²) in [4.78, 5) is 14.2. The van der Waals surface area contributed by atoms with Crippen molar-refractivity contribution in [1.29, 1.82) is 0 Å². The average molecular weight is 225 g/mol. The summed E-state index contributed by atoms with van der Waals surface area (Å²) in [5.41, 5.74) is 0. The van der Waals surface area contributed by atoms with E-state index in [1.165, 1.54) is 32.1 Å². The van der Waals surface area contributed by atoms with E-state index < -0.39 is 0 Å². The first kappa shape index (κ1) is 11.9. The number of ether oxygens (including phenoxy) is 1. The molecule has 1 saturated heterocycles. The zero-order chi connectivity index (χ0) is 11.4. The van der Waals surface area contributed by atoms with Crippen molar-refractivity contribution in [2.45, 2.75) is 51.5 Å². The Balaban J connectivity index is 1.87. The Bertz CT molecular complexity index is 238. The first-order chi connectivity index (χ1) is 7.81. The standard InChI is InChI=1S/C13H23NO2/c1-2-16-13(15)12-8-3-4-9-14(12)10-11-6-5-7-11/h11-12H,2-10H2,1H3. The van der Waals surface area contributed by atoms with Gasteiger partial charge in [0.25, 0.3) is 0 Å². The molecule has 1 unspecified atom stereocenters. The van der Waals surface area contributed by atoms with Gasteiger partial charge in [0.1, 0.15) is 6.04 Å². The molecule has 3 nitrogen and oxygen atoms in total. The number of esters is 1. The molecule has 1 aliphatic heterocycles. The number of carbonyl (C=O) groups excluding carboxylic acids is 1. The van der Waals surface area contributed by atoms with Gasteiger partial charge in [-0.15, -0.1) is 0 Å². The molecular formula is C13H23NO2. The fourth-order valence-electron chi connectivity index (χ4n) is 2.72. The van der Waals surface area contributed by atoms with E-state index in [4.69, 9.17) is 4.74 Å². The second-order valence-electron chi connectivity index (χ2n) is 5.06. The fraction of sp³-hybridized carbons (Fsp3) is 0.923. The van der Waals surface area contributed by atoms with Gasteiger partial charge < -0.3 is 4.74 Å². The molecule has 92 valence electrons. The lowest BCUT2D eigenvalue weighted by atomic mass is 9.84. The molecule has 0 spiro atoms. The lowest BCUT2D eigenvalue weighted by molar-refractivity contribution is -0.151. The first-order valence-electron chi connectivity index (χ1n) is 6.72. The summed E-state index contributed by atoms with van der Waals surface area (Å²) in [6.07, 6.45) is 7.49. The molecule has 1 saturated carbocycles. The Morgan fingerprint density at radius 1 is 1.25 bits per heavy atom. The molecule has 0 radical (unpaired) electrons. The summed E-state index contributed by atoms with van der Waals surface area (Å²) >= 11 is 0. The molecule has 3 heteroatoms. The molecule has 2 rings (SSSR count). The van der Waals surface area contributed by atoms with E-state index in [-0.39, 0.29) is 12.0 Å². The molecule has 1 heterocycles. The Morgan fingerprint density at radius 3 is 2.69 bits per heavy atom. The van der Waals surface area contributed by atoms with E-state index in [0.717, 1.165) is 25.4 Å². The van der Waals surface area contributed by atoms with Gasteiger partial charge in [0.15, 0.2) is 0 Å². The summed E-state index contributed by atoms with van der Waals surface area (Å²) in [6, 6.07) is 0.0503. The number of hydrogen-bond donors (Lipinski definition) is 0. The zero-order valence-electron chi connectivity index (χ0n) is 10.3. The van der Waals surface area contributed by atoms with Crippen molar-refractivity contribution in [2.75, 3.05) is 19.7 Å². The van der Waals surface area contributed by atoms with Gasteiger partial charge in [-0.3, -0.25) is 9.69 Å². The highest BCUT2D eigenvalue weighted by Crippen LogP contribution is 2.29. The summed E-state index contributed by atoms with van der Waals surface area (Å²) in [5, 5.41) is 0. The van der Waals surface area contributed by atoms with Crippen LogP contribution in [-0.4, -0.2) is 36.6 Å². The SMILES string of the molecule is CCOC(=O)C1CCCCN1CC1CCC1. The van der Waals surface area contributed by atoms with Gasteiger partial charge in [0, 0.05) is 6.54 Å². The number of rotatable bonds is 4. The number of nitrogens with zero attached hydrogens (tertiary/aromatic N) is 1. The molecule has 2 fully saturated rings. The van der Waals surface area contributed by atoms with Crippen molar-refractivity contribution in [2.24, 2.45) is 5.92 Å². The second-order valence-corrected chi connectivity index (χ2v) is 5.06. The lowest BCUT2D eigenvalue weighted by Crippen LogP contribution is -2.48. The molecule has 0 amide bonds. The highest BCUT2D eigenvalue weighted by molar-refractivity contribution is 5.75. The van der Waals surface area contributed by atoms with Crippen LogP contribution in [-0.2, 0) is 9.53 Å². The van der Waals surface area contributed by atoms with Crippen LogP contribution < -0.4 is 0 Å². The number of hydrogen-bond acceptors (Lipinski definition) is 3. The molecule has 0 bridgehead atoms. The maximum absolute atomic E-state index is 11.8. The fourth-order valence-corrected chi connectivity index (χ4v) is 2.72. The Kier molecular flexibility index (Phi) is 4.22. The minimum atomic E-state index is 0.00141. The van der Waals surface area contributed by atoms with Gasteiger partial charge in [-0.25, -0.2) is 0 Å². The van der Waals surface area contributed by atoms with Crippen LogP contribution in [0.1, 0.15) is 45.4 Å². The van der Waals surface area contributed by atoms with Gasteiger partial charge in [0.05, 0.1) is 6.61 Å². The number of carbonyl (C=O) groups is 1. The molecule has 1 atom stereocenters. The van der Waals surface area contributed by atoms with E-state index in [1.54, 1.807) is 0 Å². The third kappa shape index (κ3) is 2.76. The molecule has 0 aromatic heterocycles. The van der Waals surface area contributed by atoms with Crippen LogP contribution in [0.5, 0.6) is 0 Å². The van der Waals surface area contributed by atoms with Gasteiger partial charge in [-0.05, 0) is 45.1 Å². The van der Waals surface area contributed by atoms with Crippen LogP contribution in [0.15, 0.2) is 0 Å². The first-order valence-corrected chi connectivity index (χ1v) is 6.72.